The maximum absolute atomic E-state index is 13.2. The molecule has 28 heavy (non-hydrogen) atoms. The third-order valence-corrected chi connectivity index (χ3v) is 5.88. The van der Waals surface area contributed by atoms with Crippen LogP contribution in [0.5, 0.6) is 0 Å². The Bertz CT molecular complexity index is 1010. The molecule has 7 heteroatoms. The van der Waals surface area contributed by atoms with E-state index in [1.165, 1.54) is 5.56 Å². The molecule has 7 nitrogen and oxygen atoms in total. The molecule has 144 valence electrons. The normalized spacial score (nSPS) is 17.1. The smallest absolute Gasteiger partial charge is 0.274 e. The Kier molecular flexibility index (Phi) is 4.24. The molecule has 0 unspecified atom stereocenters. The molecule has 3 aromatic rings. The van der Waals surface area contributed by atoms with Crippen molar-refractivity contribution in [3.05, 3.63) is 58.5 Å². The summed E-state index contributed by atoms with van der Waals surface area (Å²) in [6.45, 7) is 3.14. The lowest BCUT2D eigenvalue weighted by Gasteiger charge is -2.24. The van der Waals surface area contributed by atoms with Crippen molar-refractivity contribution >= 4 is 5.91 Å². The van der Waals surface area contributed by atoms with Gasteiger partial charge in [-0.1, -0.05) is 30.3 Å². The number of hydrogen-bond donors (Lipinski definition) is 2. The van der Waals surface area contributed by atoms with Crippen LogP contribution in [0.4, 0.5) is 0 Å². The van der Waals surface area contributed by atoms with Gasteiger partial charge in [0.05, 0.1) is 5.69 Å². The van der Waals surface area contributed by atoms with Gasteiger partial charge >= 0.3 is 0 Å². The van der Waals surface area contributed by atoms with Crippen LogP contribution in [0.3, 0.4) is 0 Å². The molecular weight excluding hydrogens is 352 g/mol. The molecule has 0 atom stereocenters. The number of fused-ring (bicyclic) bond motifs is 2. The zero-order valence-electron chi connectivity index (χ0n) is 16.0. The fourth-order valence-corrected chi connectivity index (χ4v) is 4.28. The van der Waals surface area contributed by atoms with Crippen LogP contribution in [0.15, 0.2) is 30.3 Å². The van der Waals surface area contributed by atoms with E-state index in [2.05, 4.69) is 44.5 Å². The Hall–Kier alpha value is -2.93. The molecule has 0 bridgehead atoms. The van der Waals surface area contributed by atoms with Crippen molar-refractivity contribution in [1.29, 1.82) is 0 Å². The van der Waals surface area contributed by atoms with Gasteiger partial charge in [0, 0.05) is 67.1 Å². The van der Waals surface area contributed by atoms with Crippen LogP contribution in [0.25, 0.3) is 11.3 Å². The van der Waals surface area contributed by atoms with Crippen LogP contribution in [0.1, 0.15) is 33.0 Å². The zero-order chi connectivity index (χ0) is 19.1. The van der Waals surface area contributed by atoms with Gasteiger partial charge in [-0.25, -0.2) is 0 Å². The number of amides is 1. The second kappa shape index (κ2) is 6.91. The summed E-state index contributed by atoms with van der Waals surface area (Å²) in [5.41, 5.74) is 7.25. The SMILES string of the molecule is CN1CCc2[nH]nc(C(=O)N3CCc4[nH]nc(-c5ccccc5)c4CC3)c2C1. The molecule has 0 aliphatic carbocycles. The van der Waals surface area contributed by atoms with Gasteiger partial charge in [-0.2, -0.15) is 10.2 Å². The van der Waals surface area contributed by atoms with E-state index in [1.54, 1.807) is 0 Å². The lowest BCUT2D eigenvalue weighted by molar-refractivity contribution is 0.0754. The van der Waals surface area contributed by atoms with E-state index in [0.717, 1.165) is 60.6 Å². The maximum atomic E-state index is 13.2. The van der Waals surface area contributed by atoms with Crippen molar-refractivity contribution in [2.24, 2.45) is 0 Å². The lowest BCUT2D eigenvalue weighted by atomic mass is 10.0. The van der Waals surface area contributed by atoms with Crippen molar-refractivity contribution in [2.75, 3.05) is 26.7 Å². The van der Waals surface area contributed by atoms with Crippen molar-refractivity contribution in [2.45, 2.75) is 25.8 Å². The van der Waals surface area contributed by atoms with Crippen molar-refractivity contribution in [1.82, 2.24) is 30.2 Å². The molecule has 2 aliphatic rings. The maximum Gasteiger partial charge on any atom is 0.274 e. The second-order valence-corrected chi connectivity index (χ2v) is 7.70. The first-order valence-corrected chi connectivity index (χ1v) is 9.86. The Morgan fingerprint density at radius 1 is 0.929 bits per heavy atom. The number of carbonyl (C=O) groups is 1. The van der Waals surface area contributed by atoms with Gasteiger partial charge in [-0.15, -0.1) is 0 Å². The number of hydrogen-bond acceptors (Lipinski definition) is 4. The highest BCUT2D eigenvalue weighted by molar-refractivity contribution is 5.94. The minimum absolute atomic E-state index is 0.0344. The summed E-state index contributed by atoms with van der Waals surface area (Å²) in [6.07, 6.45) is 2.50. The van der Waals surface area contributed by atoms with Gasteiger partial charge in [0.1, 0.15) is 0 Å². The van der Waals surface area contributed by atoms with Crippen molar-refractivity contribution in [3.63, 3.8) is 0 Å². The summed E-state index contributed by atoms with van der Waals surface area (Å²) in [6, 6.07) is 10.2. The lowest BCUT2D eigenvalue weighted by Crippen LogP contribution is -2.35. The number of aromatic amines is 2. The first-order valence-electron chi connectivity index (χ1n) is 9.86. The number of benzene rings is 1. The Labute approximate surface area is 163 Å². The van der Waals surface area contributed by atoms with Gasteiger partial charge in [-0.3, -0.25) is 15.0 Å². The van der Waals surface area contributed by atoms with Crippen LogP contribution < -0.4 is 0 Å². The number of aromatic nitrogens is 4. The van der Waals surface area contributed by atoms with Crippen LogP contribution in [0, 0.1) is 0 Å². The van der Waals surface area contributed by atoms with E-state index in [-0.39, 0.29) is 5.91 Å². The topological polar surface area (TPSA) is 80.9 Å². The highest BCUT2D eigenvalue weighted by Crippen LogP contribution is 2.27. The molecule has 0 radical (unpaired) electrons. The van der Waals surface area contributed by atoms with E-state index < -0.39 is 0 Å². The molecule has 0 fully saturated rings. The molecule has 0 spiro atoms. The molecule has 2 N–H and O–H groups in total. The minimum Gasteiger partial charge on any atom is -0.337 e. The first kappa shape index (κ1) is 17.2. The molecule has 1 aromatic carbocycles. The fourth-order valence-electron chi connectivity index (χ4n) is 4.28. The summed E-state index contributed by atoms with van der Waals surface area (Å²) in [4.78, 5) is 17.4. The highest BCUT2D eigenvalue weighted by atomic mass is 16.2. The third-order valence-electron chi connectivity index (χ3n) is 5.88. The average molecular weight is 376 g/mol. The molecule has 0 saturated carbocycles. The third kappa shape index (κ3) is 2.92. The monoisotopic (exact) mass is 376 g/mol. The van der Waals surface area contributed by atoms with E-state index in [4.69, 9.17) is 0 Å². The first-order chi connectivity index (χ1) is 13.7. The number of likely N-dealkylation sites (N-methyl/N-ethyl adjacent to an activating group) is 1. The van der Waals surface area contributed by atoms with Crippen molar-refractivity contribution < 1.29 is 4.79 Å². The van der Waals surface area contributed by atoms with Gasteiger partial charge < -0.3 is 9.80 Å². The number of nitrogens with zero attached hydrogens (tertiary/aromatic N) is 4. The number of nitrogens with one attached hydrogen (secondary N) is 2. The fraction of sp³-hybridized carbons (Fsp3) is 0.381. The standard InChI is InChI=1S/C21H24N6O/c1-26-10-8-18-16(13-26)20(25-23-18)21(28)27-11-7-15-17(9-12-27)22-24-19(15)14-5-3-2-4-6-14/h2-6H,7-13H2,1H3,(H,22,24)(H,23,25). The Balaban J connectivity index is 1.38. The molecule has 4 heterocycles. The summed E-state index contributed by atoms with van der Waals surface area (Å²) in [5.74, 6) is 0.0344. The van der Waals surface area contributed by atoms with Gasteiger partial charge in [0.2, 0.25) is 0 Å². The number of H-pyrrole nitrogens is 2. The van der Waals surface area contributed by atoms with E-state index >= 15 is 0 Å². The predicted molar refractivity (Wildman–Crippen MR) is 106 cm³/mol. The van der Waals surface area contributed by atoms with Crippen LogP contribution in [-0.4, -0.2) is 62.8 Å². The Morgan fingerprint density at radius 2 is 1.64 bits per heavy atom. The van der Waals surface area contributed by atoms with Crippen molar-refractivity contribution in [3.8, 4) is 11.3 Å². The molecule has 1 amide bonds. The minimum atomic E-state index is 0.0344. The average Bonchev–Trinajstić information content (AvgIpc) is 3.26. The quantitative estimate of drug-likeness (QED) is 0.717. The molecule has 2 aromatic heterocycles. The summed E-state index contributed by atoms with van der Waals surface area (Å²) >= 11 is 0. The van der Waals surface area contributed by atoms with Crippen LogP contribution in [-0.2, 0) is 25.8 Å². The number of rotatable bonds is 2. The Morgan fingerprint density at radius 3 is 2.50 bits per heavy atom. The van der Waals surface area contributed by atoms with Crippen LogP contribution >= 0.6 is 0 Å². The van der Waals surface area contributed by atoms with E-state index in [0.29, 0.717) is 18.8 Å². The van der Waals surface area contributed by atoms with E-state index in [9.17, 15) is 4.79 Å². The summed E-state index contributed by atoms with van der Waals surface area (Å²) in [5, 5.41) is 15.2. The largest absolute Gasteiger partial charge is 0.337 e. The summed E-state index contributed by atoms with van der Waals surface area (Å²) in [7, 11) is 2.08. The molecule has 5 rings (SSSR count). The summed E-state index contributed by atoms with van der Waals surface area (Å²) < 4.78 is 0. The molecule has 2 aliphatic heterocycles. The van der Waals surface area contributed by atoms with Gasteiger partial charge in [0.15, 0.2) is 5.69 Å². The highest BCUT2D eigenvalue weighted by Gasteiger charge is 2.29. The van der Waals surface area contributed by atoms with Gasteiger partial charge in [-0.05, 0) is 13.5 Å². The molecule has 0 saturated heterocycles. The van der Waals surface area contributed by atoms with E-state index in [1.807, 2.05) is 23.1 Å². The van der Waals surface area contributed by atoms with Crippen LogP contribution in [0.2, 0.25) is 0 Å². The number of carbonyl (C=O) groups excluding carboxylic acids is 1. The molecular formula is C21H24N6O. The predicted octanol–water partition coefficient (Wildman–Crippen LogP) is 2.03. The zero-order valence-corrected chi connectivity index (χ0v) is 16.0. The van der Waals surface area contributed by atoms with Gasteiger partial charge in [0.25, 0.3) is 5.91 Å². The second-order valence-electron chi connectivity index (χ2n) is 7.70.